The molecule has 0 saturated heterocycles. The number of aliphatic imine (C=N–C) groups is 2. The van der Waals surface area contributed by atoms with Gasteiger partial charge in [-0.1, -0.05) is 0 Å². The van der Waals surface area contributed by atoms with E-state index in [2.05, 4.69) is 41.8 Å². The number of phenols is 2. The number of halogens is 2. The van der Waals surface area contributed by atoms with Gasteiger partial charge in [-0.2, -0.15) is 0 Å². The van der Waals surface area contributed by atoms with Crippen LogP contribution in [0.3, 0.4) is 0 Å². The number of ether oxygens (including phenoxy) is 2. The Bertz CT molecular complexity index is 769. The maximum absolute atomic E-state index is 10.0. The second-order valence-electron chi connectivity index (χ2n) is 5.16. The van der Waals surface area contributed by atoms with Gasteiger partial charge in [0.25, 0.3) is 0 Å². The molecular formula is C18H18Br2N2O4. The second-order valence-corrected chi connectivity index (χ2v) is 6.87. The van der Waals surface area contributed by atoms with Crippen molar-refractivity contribution in [3.63, 3.8) is 0 Å². The zero-order chi connectivity index (χ0) is 19.1. The Balaban J connectivity index is 1.99. The predicted molar refractivity (Wildman–Crippen MR) is 110 cm³/mol. The number of methoxy groups -OCH3 is 2. The van der Waals surface area contributed by atoms with E-state index in [1.807, 2.05) is 0 Å². The maximum Gasteiger partial charge on any atom is 0.138 e. The Morgan fingerprint density at radius 2 is 1.19 bits per heavy atom. The van der Waals surface area contributed by atoms with Gasteiger partial charge in [0.15, 0.2) is 0 Å². The van der Waals surface area contributed by atoms with Crippen LogP contribution >= 0.6 is 31.9 Å². The molecule has 0 bridgehead atoms. The van der Waals surface area contributed by atoms with Gasteiger partial charge in [0.05, 0.1) is 36.3 Å². The van der Waals surface area contributed by atoms with Crippen molar-refractivity contribution in [2.24, 2.45) is 9.98 Å². The fourth-order valence-electron chi connectivity index (χ4n) is 2.06. The number of nitrogens with zero attached hydrogens (tertiary/aromatic N) is 2. The van der Waals surface area contributed by atoms with Crippen LogP contribution in [0.5, 0.6) is 23.0 Å². The lowest BCUT2D eigenvalue weighted by Gasteiger charge is -2.06. The van der Waals surface area contributed by atoms with Gasteiger partial charge >= 0.3 is 0 Å². The molecule has 0 aliphatic rings. The molecule has 138 valence electrons. The first-order chi connectivity index (χ1) is 12.5. The summed E-state index contributed by atoms with van der Waals surface area (Å²) < 4.78 is 11.4. The van der Waals surface area contributed by atoms with Crippen molar-refractivity contribution in [1.29, 1.82) is 0 Å². The van der Waals surface area contributed by atoms with Gasteiger partial charge in [0.2, 0.25) is 0 Å². The van der Waals surface area contributed by atoms with E-state index >= 15 is 0 Å². The minimum Gasteiger partial charge on any atom is -0.506 e. The molecule has 0 aliphatic heterocycles. The molecule has 0 radical (unpaired) electrons. The van der Waals surface area contributed by atoms with Crippen LogP contribution in [0.4, 0.5) is 0 Å². The fourth-order valence-corrected chi connectivity index (χ4v) is 2.97. The van der Waals surface area contributed by atoms with Gasteiger partial charge in [-0.15, -0.1) is 0 Å². The largest absolute Gasteiger partial charge is 0.506 e. The van der Waals surface area contributed by atoms with Crippen LogP contribution in [0.15, 0.2) is 43.2 Å². The summed E-state index contributed by atoms with van der Waals surface area (Å²) in [5.74, 6) is 1.44. The molecule has 0 aromatic heterocycles. The van der Waals surface area contributed by atoms with Crippen LogP contribution in [0.1, 0.15) is 11.1 Å². The zero-order valence-corrected chi connectivity index (χ0v) is 17.4. The molecule has 0 unspecified atom stereocenters. The lowest BCUT2D eigenvalue weighted by Crippen LogP contribution is -1.93. The van der Waals surface area contributed by atoms with E-state index in [1.54, 1.807) is 50.9 Å². The summed E-state index contributed by atoms with van der Waals surface area (Å²) in [6.45, 7) is 0.855. The summed E-state index contributed by atoms with van der Waals surface area (Å²) in [5, 5.41) is 20.0. The van der Waals surface area contributed by atoms with Crippen molar-refractivity contribution in [3.05, 3.63) is 44.3 Å². The summed E-state index contributed by atoms with van der Waals surface area (Å²) >= 11 is 6.54. The molecule has 2 N–H and O–H groups in total. The highest BCUT2D eigenvalue weighted by Crippen LogP contribution is 2.32. The predicted octanol–water partition coefficient (Wildman–Crippen LogP) is 4.18. The minimum absolute atomic E-state index is 0.101. The lowest BCUT2D eigenvalue weighted by molar-refractivity contribution is 0.411. The molecule has 0 spiro atoms. The van der Waals surface area contributed by atoms with Gasteiger partial charge in [-0.05, 0) is 56.1 Å². The number of phenolic OH excluding ortho intramolecular Hbond substituents is 2. The van der Waals surface area contributed by atoms with E-state index in [4.69, 9.17) is 9.47 Å². The lowest BCUT2D eigenvalue weighted by atomic mass is 10.2. The SMILES string of the molecule is COc1cc(Br)c(O)c(C=NCCN=Cc2cc(OC)cc(Br)c2O)c1. The standard InChI is InChI=1S/C18H18Br2N2O4/c1-25-13-5-11(17(23)15(19)7-13)9-21-3-4-22-10-12-6-14(26-2)8-16(20)18(12)24/h5-10,23-24H,3-4H2,1-2H3. The Morgan fingerprint density at radius 3 is 1.54 bits per heavy atom. The van der Waals surface area contributed by atoms with Crippen LogP contribution < -0.4 is 9.47 Å². The Hall–Kier alpha value is -2.06. The first-order valence-electron chi connectivity index (χ1n) is 7.59. The van der Waals surface area contributed by atoms with Crippen LogP contribution in [-0.2, 0) is 0 Å². The molecule has 0 heterocycles. The molecule has 6 nitrogen and oxygen atoms in total. The Kier molecular flexibility index (Phi) is 7.47. The van der Waals surface area contributed by atoms with Gasteiger partial charge < -0.3 is 19.7 Å². The van der Waals surface area contributed by atoms with Crippen LogP contribution in [-0.4, -0.2) is 50.0 Å². The maximum atomic E-state index is 10.0. The fraction of sp³-hybridized carbons (Fsp3) is 0.222. The average molecular weight is 486 g/mol. The third-order valence-corrected chi connectivity index (χ3v) is 4.63. The smallest absolute Gasteiger partial charge is 0.138 e. The van der Waals surface area contributed by atoms with Crippen molar-refractivity contribution in [3.8, 4) is 23.0 Å². The third-order valence-electron chi connectivity index (χ3n) is 3.42. The van der Waals surface area contributed by atoms with E-state index in [0.29, 0.717) is 44.7 Å². The molecule has 2 aromatic carbocycles. The molecule has 0 aliphatic carbocycles. The van der Waals surface area contributed by atoms with Crippen LogP contribution in [0, 0.1) is 0 Å². The van der Waals surface area contributed by atoms with Crippen molar-refractivity contribution < 1.29 is 19.7 Å². The number of benzene rings is 2. The molecule has 0 saturated carbocycles. The molecule has 26 heavy (non-hydrogen) atoms. The van der Waals surface area contributed by atoms with E-state index in [0.717, 1.165) is 0 Å². The van der Waals surface area contributed by atoms with Gasteiger partial charge in [0, 0.05) is 23.6 Å². The topological polar surface area (TPSA) is 83.6 Å². The quantitative estimate of drug-likeness (QED) is 0.455. The molecule has 0 fully saturated rings. The summed E-state index contributed by atoms with van der Waals surface area (Å²) in [5.41, 5.74) is 1.10. The van der Waals surface area contributed by atoms with Crippen LogP contribution in [0.25, 0.3) is 0 Å². The summed E-state index contributed by atoms with van der Waals surface area (Å²) in [7, 11) is 3.11. The summed E-state index contributed by atoms with van der Waals surface area (Å²) in [6, 6.07) is 6.74. The Morgan fingerprint density at radius 1 is 0.808 bits per heavy atom. The third kappa shape index (κ3) is 5.22. The minimum atomic E-state index is 0.101. The van der Waals surface area contributed by atoms with Gasteiger partial charge in [0.1, 0.15) is 23.0 Å². The highest BCUT2D eigenvalue weighted by molar-refractivity contribution is 9.10. The molecule has 0 amide bonds. The highest BCUT2D eigenvalue weighted by atomic mass is 79.9. The second kappa shape index (κ2) is 9.59. The molecule has 2 rings (SSSR count). The average Bonchev–Trinajstić information content (AvgIpc) is 2.64. The molecule has 0 atom stereocenters. The summed E-state index contributed by atoms with van der Waals surface area (Å²) in [4.78, 5) is 8.50. The summed E-state index contributed by atoms with van der Waals surface area (Å²) in [6.07, 6.45) is 3.13. The van der Waals surface area contributed by atoms with Crippen molar-refractivity contribution in [2.75, 3.05) is 27.3 Å². The van der Waals surface area contributed by atoms with Crippen molar-refractivity contribution >= 4 is 44.3 Å². The van der Waals surface area contributed by atoms with E-state index in [-0.39, 0.29) is 11.5 Å². The molecule has 2 aromatic rings. The van der Waals surface area contributed by atoms with E-state index < -0.39 is 0 Å². The van der Waals surface area contributed by atoms with E-state index in [1.165, 1.54) is 0 Å². The van der Waals surface area contributed by atoms with Crippen molar-refractivity contribution in [2.45, 2.75) is 0 Å². The van der Waals surface area contributed by atoms with Crippen molar-refractivity contribution in [1.82, 2.24) is 0 Å². The Labute approximate surface area is 168 Å². The number of hydrogen-bond acceptors (Lipinski definition) is 6. The first kappa shape index (κ1) is 20.3. The molecular weight excluding hydrogens is 468 g/mol. The monoisotopic (exact) mass is 484 g/mol. The normalized spacial score (nSPS) is 11.4. The molecule has 8 heteroatoms. The zero-order valence-electron chi connectivity index (χ0n) is 14.2. The van der Waals surface area contributed by atoms with Gasteiger partial charge in [-0.3, -0.25) is 9.98 Å². The van der Waals surface area contributed by atoms with Gasteiger partial charge in [-0.25, -0.2) is 0 Å². The number of rotatable bonds is 7. The van der Waals surface area contributed by atoms with E-state index in [9.17, 15) is 10.2 Å². The highest BCUT2D eigenvalue weighted by Gasteiger charge is 2.07. The number of hydrogen-bond donors (Lipinski definition) is 2. The number of aromatic hydroxyl groups is 2. The first-order valence-corrected chi connectivity index (χ1v) is 9.17. The van der Waals surface area contributed by atoms with Crippen LogP contribution in [0.2, 0.25) is 0 Å².